The number of nitrogens with zero attached hydrogens (tertiary/aromatic N) is 2. The van der Waals surface area contributed by atoms with Gasteiger partial charge in [0.25, 0.3) is 0 Å². The summed E-state index contributed by atoms with van der Waals surface area (Å²) in [6, 6.07) is 8.70. The second-order valence-electron chi connectivity index (χ2n) is 7.03. The molecule has 3 heterocycles. The minimum atomic E-state index is -3.66. The van der Waals surface area contributed by atoms with Gasteiger partial charge in [0.15, 0.2) is 0 Å². The summed E-state index contributed by atoms with van der Waals surface area (Å²) in [6.07, 6.45) is 0.993. The van der Waals surface area contributed by atoms with Crippen molar-refractivity contribution in [3.8, 4) is 0 Å². The van der Waals surface area contributed by atoms with Crippen LogP contribution in [0.1, 0.15) is 17.7 Å². The molecule has 2 aromatic heterocycles. The van der Waals surface area contributed by atoms with Crippen molar-refractivity contribution in [3.05, 3.63) is 50.3 Å². The van der Waals surface area contributed by atoms with Crippen molar-refractivity contribution < 1.29 is 13.2 Å². The van der Waals surface area contributed by atoms with Crippen LogP contribution in [0.25, 0.3) is 10.2 Å². The molecule has 0 bridgehead atoms. The van der Waals surface area contributed by atoms with Crippen molar-refractivity contribution in [1.29, 1.82) is 0 Å². The minimum Gasteiger partial charge on any atom is -0.351 e. The molecule has 3 aromatic rings. The van der Waals surface area contributed by atoms with Crippen LogP contribution in [0.15, 0.2) is 45.4 Å². The molecule has 1 aromatic carbocycles. The van der Waals surface area contributed by atoms with E-state index in [-0.39, 0.29) is 21.6 Å². The highest BCUT2D eigenvalue weighted by Crippen LogP contribution is 2.27. The molecule has 1 saturated heterocycles. The standard InChI is InChI=1S/C19H21N3O4S3/c1-21-16-5-4-15(11-17(16)28-19(21)24)29(25,26)22-8-6-13(7-9-22)18(23)20-12-14-3-2-10-27-14/h2-5,10-11,13H,6-9,12H2,1H3,(H,20,23). The van der Waals surface area contributed by atoms with Gasteiger partial charge in [-0.25, -0.2) is 8.42 Å². The number of sulfonamides is 1. The number of fused-ring (bicyclic) bond motifs is 1. The molecule has 10 heteroatoms. The Labute approximate surface area is 176 Å². The van der Waals surface area contributed by atoms with E-state index in [1.807, 2.05) is 17.5 Å². The molecule has 1 N–H and O–H groups in total. The lowest BCUT2D eigenvalue weighted by molar-refractivity contribution is -0.126. The maximum absolute atomic E-state index is 13.0. The first-order valence-electron chi connectivity index (χ1n) is 9.26. The van der Waals surface area contributed by atoms with Crippen molar-refractivity contribution in [2.75, 3.05) is 13.1 Å². The highest BCUT2D eigenvalue weighted by atomic mass is 32.2. The van der Waals surface area contributed by atoms with E-state index in [1.54, 1.807) is 36.6 Å². The SMILES string of the molecule is Cn1c(=O)sc2cc(S(=O)(=O)N3CCC(C(=O)NCc4cccs4)CC3)ccc21. The number of carbonyl (C=O) groups excluding carboxylic acids is 1. The fourth-order valence-corrected chi connectivity index (χ4v) is 6.65. The zero-order chi connectivity index (χ0) is 20.6. The van der Waals surface area contributed by atoms with E-state index in [0.717, 1.165) is 21.7 Å². The third-order valence-corrected chi connectivity index (χ3v) is 9.01. The molecule has 1 amide bonds. The molecule has 4 rings (SSSR count). The van der Waals surface area contributed by atoms with Crippen molar-refractivity contribution in [2.24, 2.45) is 13.0 Å². The summed E-state index contributed by atoms with van der Waals surface area (Å²) < 4.78 is 29.7. The van der Waals surface area contributed by atoms with Crippen molar-refractivity contribution in [3.63, 3.8) is 0 Å². The lowest BCUT2D eigenvalue weighted by Crippen LogP contribution is -2.42. The van der Waals surface area contributed by atoms with Crippen LogP contribution in [0.5, 0.6) is 0 Å². The normalized spacial score (nSPS) is 16.3. The van der Waals surface area contributed by atoms with Crippen LogP contribution in [-0.2, 0) is 28.4 Å². The van der Waals surface area contributed by atoms with E-state index in [4.69, 9.17) is 0 Å². The number of piperidine rings is 1. The average Bonchev–Trinajstić information content (AvgIpc) is 3.34. The Kier molecular flexibility index (Phi) is 5.60. The fourth-order valence-electron chi connectivity index (χ4n) is 3.51. The number of amides is 1. The van der Waals surface area contributed by atoms with Crippen molar-refractivity contribution >= 4 is 48.8 Å². The molecule has 0 spiro atoms. The molecule has 1 aliphatic rings. The number of carbonyl (C=O) groups is 1. The Balaban J connectivity index is 1.42. The monoisotopic (exact) mass is 451 g/mol. The summed E-state index contributed by atoms with van der Waals surface area (Å²) in [5.74, 6) is -0.200. The Hall–Kier alpha value is -2.01. The number of thiophene rings is 1. The molecule has 7 nitrogen and oxygen atoms in total. The summed E-state index contributed by atoms with van der Waals surface area (Å²) >= 11 is 2.63. The summed E-state index contributed by atoms with van der Waals surface area (Å²) in [5.41, 5.74) is 0.722. The average molecular weight is 452 g/mol. The van der Waals surface area contributed by atoms with Crippen LogP contribution in [-0.4, -0.2) is 36.3 Å². The maximum atomic E-state index is 13.0. The third-order valence-electron chi connectivity index (χ3n) is 5.24. The van der Waals surface area contributed by atoms with Gasteiger partial charge in [0.1, 0.15) is 0 Å². The molecule has 0 aliphatic carbocycles. The number of hydrogen-bond donors (Lipinski definition) is 1. The van der Waals surface area contributed by atoms with E-state index in [9.17, 15) is 18.0 Å². The number of hydrogen-bond acceptors (Lipinski definition) is 6. The second-order valence-corrected chi connectivity index (χ2v) is 11.0. The van der Waals surface area contributed by atoms with Gasteiger partial charge in [0.2, 0.25) is 15.9 Å². The molecule has 0 saturated carbocycles. The zero-order valence-electron chi connectivity index (χ0n) is 15.8. The number of aromatic nitrogens is 1. The predicted molar refractivity (Wildman–Crippen MR) is 115 cm³/mol. The largest absolute Gasteiger partial charge is 0.351 e. The van der Waals surface area contributed by atoms with E-state index in [2.05, 4.69) is 5.32 Å². The van der Waals surface area contributed by atoms with Gasteiger partial charge in [-0.3, -0.25) is 9.59 Å². The summed E-state index contributed by atoms with van der Waals surface area (Å²) in [6.45, 7) is 1.12. The van der Waals surface area contributed by atoms with Gasteiger partial charge in [0.05, 0.1) is 21.7 Å². The zero-order valence-corrected chi connectivity index (χ0v) is 18.3. The fraction of sp³-hybridized carbons (Fsp3) is 0.368. The minimum absolute atomic E-state index is 0.0223. The number of benzene rings is 1. The number of nitrogens with one attached hydrogen (secondary N) is 1. The van der Waals surface area contributed by atoms with E-state index in [0.29, 0.717) is 37.2 Å². The third kappa shape index (κ3) is 4.02. The first-order chi connectivity index (χ1) is 13.9. The molecule has 1 aliphatic heterocycles. The van der Waals surface area contributed by atoms with Crippen LogP contribution in [0.4, 0.5) is 0 Å². The van der Waals surface area contributed by atoms with Gasteiger partial charge < -0.3 is 9.88 Å². The first kappa shape index (κ1) is 20.3. The van der Waals surface area contributed by atoms with Gasteiger partial charge in [-0.15, -0.1) is 11.3 Å². The van der Waals surface area contributed by atoms with Crippen LogP contribution in [0.2, 0.25) is 0 Å². The molecule has 0 atom stereocenters. The lowest BCUT2D eigenvalue weighted by Gasteiger charge is -2.30. The number of aryl methyl sites for hydroxylation is 1. The quantitative estimate of drug-likeness (QED) is 0.645. The first-order valence-corrected chi connectivity index (χ1v) is 12.4. The molecule has 1 fully saturated rings. The van der Waals surface area contributed by atoms with Gasteiger partial charge in [-0.05, 0) is 42.5 Å². The summed E-state index contributed by atoms with van der Waals surface area (Å²) in [7, 11) is -1.99. The molecular formula is C19H21N3O4S3. The molecule has 0 radical (unpaired) electrons. The van der Waals surface area contributed by atoms with Crippen LogP contribution < -0.4 is 10.2 Å². The maximum Gasteiger partial charge on any atom is 0.307 e. The van der Waals surface area contributed by atoms with Gasteiger partial charge in [-0.2, -0.15) is 4.31 Å². The van der Waals surface area contributed by atoms with Crippen LogP contribution >= 0.6 is 22.7 Å². The topological polar surface area (TPSA) is 88.5 Å². The van der Waals surface area contributed by atoms with Crippen LogP contribution in [0, 0.1) is 5.92 Å². The van der Waals surface area contributed by atoms with E-state index >= 15 is 0 Å². The molecular weight excluding hydrogens is 430 g/mol. The van der Waals surface area contributed by atoms with Gasteiger partial charge in [0, 0.05) is 30.9 Å². The van der Waals surface area contributed by atoms with Crippen molar-refractivity contribution in [1.82, 2.24) is 14.2 Å². The van der Waals surface area contributed by atoms with Gasteiger partial charge >= 0.3 is 4.87 Å². The van der Waals surface area contributed by atoms with Crippen LogP contribution in [0.3, 0.4) is 0 Å². The van der Waals surface area contributed by atoms with E-state index in [1.165, 1.54) is 8.87 Å². The molecule has 154 valence electrons. The predicted octanol–water partition coefficient (Wildman–Crippen LogP) is 2.38. The summed E-state index contributed by atoms with van der Waals surface area (Å²) in [4.78, 5) is 25.4. The Bertz CT molecular complexity index is 1190. The Morgan fingerprint density at radius 3 is 2.69 bits per heavy atom. The Morgan fingerprint density at radius 2 is 2.00 bits per heavy atom. The van der Waals surface area contributed by atoms with E-state index < -0.39 is 10.0 Å². The lowest BCUT2D eigenvalue weighted by atomic mass is 9.97. The van der Waals surface area contributed by atoms with Crippen molar-refractivity contribution in [2.45, 2.75) is 24.3 Å². The Morgan fingerprint density at radius 1 is 1.24 bits per heavy atom. The van der Waals surface area contributed by atoms with Gasteiger partial charge in [-0.1, -0.05) is 17.4 Å². The second kappa shape index (κ2) is 8.02. The number of thiazole rings is 1. The summed E-state index contributed by atoms with van der Waals surface area (Å²) in [5, 5.41) is 4.91. The number of rotatable bonds is 5. The smallest absolute Gasteiger partial charge is 0.307 e. The molecule has 0 unspecified atom stereocenters. The highest BCUT2D eigenvalue weighted by molar-refractivity contribution is 7.89. The highest BCUT2D eigenvalue weighted by Gasteiger charge is 2.32. The molecule has 29 heavy (non-hydrogen) atoms.